The highest BCUT2D eigenvalue weighted by molar-refractivity contribution is 6.11. The molecule has 1 rings (SSSR count). The quantitative estimate of drug-likeness (QED) is 0.606. The van der Waals surface area contributed by atoms with Gasteiger partial charge < -0.3 is 9.47 Å². The molecule has 1 aromatic rings. The fourth-order valence-electron chi connectivity index (χ4n) is 1.63. The van der Waals surface area contributed by atoms with Crippen molar-refractivity contribution in [2.75, 3.05) is 14.2 Å². The lowest BCUT2D eigenvalue weighted by atomic mass is 9.87. The monoisotopic (exact) mass is 264 g/mol. The third-order valence-electron chi connectivity index (χ3n) is 2.86. The van der Waals surface area contributed by atoms with E-state index in [2.05, 4.69) is 0 Å². The van der Waals surface area contributed by atoms with Gasteiger partial charge in [-0.15, -0.1) is 0 Å². The zero-order valence-electron chi connectivity index (χ0n) is 12.1. The van der Waals surface area contributed by atoms with Crippen LogP contribution in [-0.2, 0) is 4.79 Å². The van der Waals surface area contributed by atoms with Crippen molar-refractivity contribution < 1.29 is 19.1 Å². The third kappa shape index (κ3) is 3.56. The Labute approximate surface area is 113 Å². The number of hydrogen-bond donors (Lipinski definition) is 0. The van der Waals surface area contributed by atoms with Crippen molar-refractivity contribution in [2.24, 2.45) is 5.41 Å². The van der Waals surface area contributed by atoms with Gasteiger partial charge in [-0.1, -0.05) is 26.8 Å². The van der Waals surface area contributed by atoms with Gasteiger partial charge in [0.2, 0.25) is 0 Å². The number of methoxy groups -OCH3 is 2. The lowest BCUT2D eigenvalue weighted by molar-refractivity contribution is -0.125. The summed E-state index contributed by atoms with van der Waals surface area (Å²) < 4.78 is 10.3. The molecule has 0 N–H and O–H groups in total. The van der Waals surface area contributed by atoms with Crippen LogP contribution >= 0.6 is 0 Å². The molecule has 0 atom stereocenters. The molecular weight excluding hydrogens is 244 g/mol. The minimum Gasteiger partial charge on any atom is -0.496 e. The maximum absolute atomic E-state index is 12.3. The molecule has 0 aromatic heterocycles. The molecule has 0 amide bonds. The Morgan fingerprint density at radius 3 is 1.89 bits per heavy atom. The molecule has 0 bridgehead atoms. The molecule has 104 valence electrons. The van der Waals surface area contributed by atoms with E-state index in [9.17, 15) is 9.59 Å². The molecule has 0 fully saturated rings. The standard InChI is InChI=1S/C15H20O4/c1-15(2,3)13(17)9-10(16)14-11(18-4)7-6-8-12(14)19-5/h6-8H,9H2,1-5H3. The first-order valence-electron chi connectivity index (χ1n) is 6.08. The summed E-state index contributed by atoms with van der Waals surface area (Å²) in [7, 11) is 2.97. The van der Waals surface area contributed by atoms with Crippen LogP contribution in [0.3, 0.4) is 0 Å². The summed E-state index contributed by atoms with van der Waals surface area (Å²) in [5.74, 6) is 0.455. The maximum atomic E-state index is 12.3. The van der Waals surface area contributed by atoms with E-state index in [4.69, 9.17) is 9.47 Å². The van der Waals surface area contributed by atoms with Crippen LogP contribution in [-0.4, -0.2) is 25.8 Å². The summed E-state index contributed by atoms with van der Waals surface area (Å²) in [5.41, 5.74) is -0.213. The van der Waals surface area contributed by atoms with E-state index >= 15 is 0 Å². The fourth-order valence-corrected chi connectivity index (χ4v) is 1.63. The van der Waals surface area contributed by atoms with Crippen molar-refractivity contribution in [3.8, 4) is 11.5 Å². The van der Waals surface area contributed by atoms with E-state index in [-0.39, 0.29) is 18.0 Å². The van der Waals surface area contributed by atoms with Crippen molar-refractivity contribution in [3.63, 3.8) is 0 Å². The molecule has 0 spiro atoms. The van der Waals surface area contributed by atoms with Gasteiger partial charge in [-0.25, -0.2) is 0 Å². The van der Waals surface area contributed by atoms with E-state index in [0.717, 1.165) is 0 Å². The minimum absolute atomic E-state index is 0.106. The van der Waals surface area contributed by atoms with Crippen molar-refractivity contribution in [1.29, 1.82) is 0 Å². The summed E-state index contributed by atoms with van der Waals surface area (Å²) in [6, 6.07) is 5.09. The highest BCUT2D eigenvalue weighted by Gasteiger charge is 2.27. The molecule has 1 aromatic carbocycles. The van der Waals surface area contributed by atoms with Crippen LogP contribution in [0.1, 0.15) is 37.6 Å². The summed E-state index contributed by atoms with van der Waals surface area (Å²) in [5, 5.41) is 0. The minimum atomic E-state index is -0.537. The van der Waals surface area contributed by atoms with Gasteiger partial charge in [-0.05, 0) is 12.1 Å². The molecule has 4 nitrogen and oxygen atoms in total. The van der Waals surface area contributed by atoms with Gasteiger partial charge in [0.25, 0.3) is 0 Å². The Hall–Kier alpha value is -1.84. The lowest BCUT2D eigenvalue weighted by Gasteiger charge is -2.17. The smallest absolute Gasteiger partial charge is 0.177 e. The molecule has 0 aliphatic rings. The number of carbonyl (C=O) groups is 2. The van der Waals surface area contributed by atoms with Gasteiger partial charge in [-0.3, -0.25) is 9.59 Å². The summed E-state index contributed by atoms with van der Waals surface area (Å²) in [4.78, 5) is 24.2. The average molecular weight is 264 g/mol. The first-order valence-corrected chi connectivity index (χ1v) is 6.08. The van der Waals surface area contributed by atoms with Crippen molar-refractivity contribution in [1.82, 2.24) is 0 Å². The molecule has 4 heteroatoms. The first kappa shape index (κ1) is 15.2. The number of hydrogen-bond acceptors (Lipinski definition) is 4. The van der Waals surface area contributed by atoms with Crippen LogP contribution in [0, 0.1) is 5.41 Å². The van der Waals surface area contributed by atoms with Crippen LogP contribution in [0.25, 0.3) is 0 Å². The topological polar surface area (TPSA) is 52.6 Å². The molecule has 0 saturated carbocycles. The van der Waals surface area contributed by atoms with Gasteiger partial charge in [0, 0.05) is 5.41 Å². The van der Waals surface area contributed by atoms with E-state index in [1.807, 2.05) is 0 Å². The molecular formula is C15H20O4. The van der Waals surface area contributed by atoms with Gasteiger partial charge in [0.1, 0.15) is 22.8 Å². The number of Topliss-reactive ketones (excluding diaryl/α,β-unsaturated/α-hetero) is 2. The molecule has 0 radical (unpaired) electrons. The Morgan fingerprint density at radius 2 is 1.53 bits per heavy atom. The van der Waals surface area contributed by atoms with Crippen LogP contribution in [0.2, 0.25) is 0 Å². The van der Waals surface area contributed by atoms with Crippen molar-refractivity contribution in [2.45, 2.75) is 27.2 Å². The van der Waals surface area contributed by atoms with Crippen LogP contribution in [0.15, 0.2) is 18.2 Å². The lowest BCUT2D eigenvalue weighted by Crippen LogP contribution is -2.23. The highest BCUT2D eigenvalue weighted by atomic mass is 16.5. The molecule has 0 aliphatic heterocycles. The second-order valence-electron chi connectivity index (χ2n) is 5.31. The second kappa shape index (κ2) is 5.87. The van der Waals surface area contributed by atoms with E-state index in [1.54, 1.807) is 39.0 Å². The summed E-state index contributed by atoms with van der Waals surface area (Å²) >= 11 is 0. The Balaban J connectivity index is 3.09. The summed E-state index contributed by atoms with van der Waals surface area (Å²) in [6.45, 7) is 5.38. The fraction of sp³-hybridized carbons (Fsp3) is 0.467. The van der Waals surface area contributed by atoms with Crippen molar-refractivity contribution in [3.05, 3.63) is 23.8 Å². The predicted octanol–water partition coefficient (Wildman–Crippen LogP) is 2.89. The van der Waals surface area contributed by atoms with Gasteiger partial charge in [0.15, 0.2) is 5.78 Å². The van der Waals surface area contributed by atoms with Crippen LogP contribution in [0.5, 0.6) is 11.5 Å². The van der Waals surface area contributed by atoms with E-state index < -0.39 is 5.41 Å². The maximum Gasteiger partial charge on any atom is 0.177 e. The Morgan fingerprint density at radius 1 is 1.05 bits per heavy atom. The molecule has 0 saturated heterocycles. The van der Waals surface area contributed by atoms with Crippen molar-refractivity contribution >= 4 is 11.6 Å². The Kier molecular flexibility index (Phi) is 4.70. The third-order valence-corrected chi connectivity index (χ3v) is 2.86. The number of carbonyl (C=O) groups excluding carboxylic acids is 2. The van der Waals surface area contributed by atoms with Crippen LogP contribution in [0.4, 0.5) is 0 Å². The predicted molar refractivity (Wildman–Crippen MR) is 73.0 cm³/mol. The van der Waals surface area contributed by atoms with E-state index in [0.29, 0.717) is 17.1 Å². The SMILES string of the molecule is COc1cccc(OC)c1C(=O)CC(=O)C(C)(C)C. The molecule has 0 unspecified atom stereocenters. The number of ether oxygens (including phenoxy) is 2. The normalized spacial score (nSPS) is 11.0. The van der Waals surface area contributed by atoms with Gasteiger partial charge in [0.05, 0.1) is 20.6 Å². The first-order chi connectivity index (χ1) is 8.81. The number of rotatable bonds is 5. The summed E-state index contributed by atoms with van der Waals surface area (Å²) in [6.07, 6.45) is -0.153. The molecule has 0 aliphatic carbocycles. The Bertz CT molecular complexity index is 461. The number of ketones is 2. The number of benzene rings is 1. The highest BCUT2D eigenvalue weighted by Crippen LogP contribution is 2.30. The molecule has 0 heterocycles. The van der Waals surface area contributed by atoms with E-state index in [1.165, 1.54) is 14.2 Å². The van der Waals surface area contributed by atoms with Crippen LogP contribution < -0.4 is 9.47 Å². The molecule has 19 heavy (non-hydrogen) atoms. The van der Waals surface area contributed by atoms with Gasteiger partial charge >= 0.3 is 0 Å². The zero-order valence-corrected chi connectivity index (χ0v) is 12.1. The van der Waals surface area contributed by atoms with Gasteiger partial charge in [-0.2, -0.15) is 0 Å². The average Bonchev–Trinajstić information content (AvgIpc) is 2.36. The second-order valence-corrected chi connectivity index (χ2v) is 5.31. The zero-order chi connectivity index (χ0) is 14.6. The largest absolute Gasteiger partial charge is 0.496 e.